The van der Waals surface area contributed by atoms with E-state index in [1.165, 1.54) is 57.8 Å². The maximum absolute atomic E-state index is 11.7. The van der Waals surface area contributed by atoms with Gasteiger partial charge in [-0.2, -0.15) is 0 Å². The van der Waals surface area contributed by atoms with Crippen molar-refractivity contribution in [1.29, 1.82) is 0 Å². The van der Waals surface area contributed by atoms with E-state index < -0.39 is 12.9 Å². The Hall–Kier alpha value is -0.450. The van der Waals surface area contributed by atoms with Gasteiger partial charge in [0.2, 0.25) is 5.34 Å². The highest BCUT2D eigenvalue weighted by Crippen LogP contribution is 2.52. The smallest absolute Gasteiger partial charge is 0.362 e. The Labute approximate surface area is 186 Å². The zero-order chi connectivity index (χ0) is 22.9. The summed E-state index contributed by atoms with van der Waals surface area (Å²) in [6.07, 6.45) is 24.2. The van der Waals surface area contributed by atoms with Gasteiger partial charge in [0, 0.05) is 0 Å². The van der Waals surface area contributed by atoms with E-state index in [0.29, 0.717) is 10.9 Å². The highest BCUT2D eigenvalue weighted by molar-refractivity contribution is 7.53. The molecule has 3 N–H and O–H groups in total. The van der Waals surface area contributed by atoms with E-state index in [1.54, 1.807) is 0 Å². The molecule has 0 bridgehead atoms. The topological polar surface area (TPSA) is 77.8 Å². The standard InChI is InChI=1S/C24H48NO4P/c1-5-6-7-8-9-10-11-12-13-14-15-16-17-18-19-20-21-22-24(26,30(27,28)29)23-25(2,3)4/h15-16,19-20,26H,5-14,17-18,21-23H2,1-4H3,(H-,27,28,29)/p+1/b16-15-,20-19-. The fraction of sp³-hybridized carbons (Fsp3) is 0.833. The molecule has 0 fully saturated rings. The normalized spacial score (nSPS) is 15.3. The SMILES string of the molecule is CCCCCCCCCCC/C=C\CC/C=C\CCC(O)(C[N+](C)(C)C)P(=O)(O)O. The minimum absolute atomic E-state index is 0.0205. The fourth-order valence-corrected chi connectivity index (χ4v) is 4.66. The number of likely N-dealkylation sites (N-methyl/N-ethyl adjacent to an activating group) is 1. The van der Waals surface area contributed by atoms with Crippen LogP contribution in [0.1, 0.15) is 96.8 Å². The van der Waals surface area contributed by atoms with Crippen LogP contribution in [-0.2, 0) is 4.57 Å². The molecule has 0 aromatic heterocycles. The monoisotopic (exact) mass is 446 g/mol. The van der Waals surface area contributed by atoms with Gasteiger partial charge in [0.05, 0.1) is 21.1 Å². The molecular formula is C24H49NO4P+. The van der Waals surface area contributed by atoms with Crippen LogP contribution < -0.4 is 0 Å². The largest absolute Gasteiger partial charge is 0.373 e. The molecule has 6 heteroatoms. The van der Waals surface area contributed by atoms with Crippen molar-refractivity contribution in [2.24, 2.45) is 0 Å². The van der Waals surface area contributed by atoms with Gasteiger partial charge in [0.15, 0.2) is 0 Å². The molecule has 0 saturated heterocycles. The van der Waals surface area contributed by atoms with Crippen LogP contribution in [0.4, 0.5) is 0 Å². The summed E-state index contributed by atoms with van der Waals surface area (Å²) in [6.45, 7) is 2.28. The Morgan fingerprint density at radius 2 is 1.17 bits per heavy atom. The average molecular weight is 447 g/mol. The summed E-state index contributed by atoms with van der Waals surface area (Å²) >= 11 is 0. The highest BCUT2D eigenvalue weighted by atomic mass is 31.2. The van der Waals surface area contributed by atoms with Crippen molar-refractivity contribution in [3.8, 4) is 0 Å². The minimum atomic E-state index is -4.58. The molecule has 5 nitrogen and oxygen atoms in total. The number of rotatable bonds is 19. The Morgan fingerprint density at radius 1 is 0.733 bits per heavy atom. The van der Waals surface area contributed by atoms with Crippen LogP contribution in [0, 0.1) is 0 Å². The van der Waals surface area contributed by atoms with Gasteiger partial charge in [-0.1, -0.05) is 82.6 Å². The Morgan fingerprint density at radius 3 is 1.63 bits per heavy atom. The lowest BCUT2D eigenvalue weighted by atomic mass is 10.1. The van der Waals surface area contributed by atoms with Crippen LogP contribution >= 0.6 is 7.60 Å². The molecule has 1 atom stereocenters. The molecule has 0 aliphatic carbocycles. The Balaban J connectivity index is 3.82. The van der Waals surface area contributed by atoms with Crippen LogP contribution in [0.2, 0.25) is 0 Å². The maximum atomic E-state index is 11.7. The quantitative estimate of drug-likeness (QED) is 0.0962. The number of hydrogen-bond donors (Lipinski definition) is 3. The predicted molar refractivity (Wildman–Crippen MR) is 128 cm³/mol. The first-order valence-electron chi connectivity index (χ1n) is 11.9. The van der Waals surface area contributed by atoms with E-state index in [1.807, 2.05) is 33.3 Å². The molecule has 1 unspecified atom stereocenters. The van der Waals surface area contributed by atoms with Gasteiger partial charge in [-0.15, -0.1) is 0 Å². The zero-order valence-corrected chi connectivity index (χ0v) is 21.0. The number of hydrogen-bond acceptors (Lipinski definition) is 2. The summed E-state index contributed by atoms with van der Waals surface area (Å²) in [5.41, 5.74) is 0. The molecule has 0 aromatic carbocycles. The van der Waals surface area contributed by atoms with Gasteiger partial charge in [-0.05, 0) is 38.5 Å². The Kier molecular flexibility index (Phi) is 16.0. The van der Waals surface area contributed by atoms with E-state index in [-0.39, 0.29) is 13.0 Å². The van der Waals surface area contributed by atoms with E-state index in [9.17, 15) is 19.5 Å². The molecule has 30 heavy (non-hydrogen) atoms. The molecule has 0 saturated carbocycles. The zero-order valence-electron chi connectivity index (χ0n) is 20.1. The summed E-state index contributed by atoms with van der Waals surface area (Å²) in [7, 11) is 0.870. The number of nitrogens with zero attached hydrogens (tertiary/aromatic N) is 1. The van der Waals surface area contributed by atoms with Crippen molar-refractivity contribution in [3.05, 3.63) is 24.3 Å². The second-order valence-electron chi connectivity index (χ2n) is 9.65. The third-order valence-corrected chi connectivity index (χ3v) is 6.74. The molecule has 0 aliphatic heterocycles. The molecule has 0 amide bonds. The lowest BCUT2D eigenvalue weighted by Gasteiger charge is -2.35. The summed E-state index contributed by atoms with van der Waals surface area (Å²) in [4.78, 5) is 19.1. The fourth-order valence-electron chi connectivity index (χ4n) is 3.63. The highest BCUT2D eigenvalue weighted by Gasteiger charge is 2.48. The second kappa shape index (κ2) is 16.2. The van der Waals surface area contributed by atoms with Gasteiger partial charge < -0.3 is 19.4 Å². The van der Waals surface area contributed by atoms with Crippen molar-refractivity contribution in [2.45, 2.75) is 102 Å². The van der Waals surface area contributed by atoms with Crippen LogP contribution in [-0.4, -0.2) is 52.4 Å². The Bertz CT molecular complexity index is 522. The third-order valence-electron chi connectivity index (χ3n) is 5.29. The molecule has 0 spiro atoms. The van der Waals surface area contributed by atoms with E-state index >= 15 is 0 Å². The predicted octanol–water partition coefficient (Wildman–Crippen LogP) is 6.15. The summed E-state index contributed by atoms with van der Waals surface area (Å²) in [6, 6.07) is 0. The van der Waals surface area contributed by atoms with Crippen LogP contribution in [0.5, 0.6) is 0 Å². The molecule has 0 aromatic rings. The first-order valence-corrected chi connectivity index (χ1v) is 13.5. The van der Waals surface area contributed by atoms with Gasteiger partial charge in [-0.25, -0.2) is 0 Å². The lowest BCUT2D eigenvalue weighted by molar-refractivity contribution is -0.875. The minimum Gasteiger partial charge on any atom is -0.373 e. The van der Waals surface area contributed by atoms with E-state index in [4.69, 9.17) is 0 Å². The van der Waals surface area contributed by atoms with Gasteiger partial charge in [-0.3, -0.25) is 4.57 Å². The van der Waals surface area contributed by atoms with Crippen LogP contribution in [0.25, 0.3) is 0 Å². The first kappa shape index (κ1) is 29.5. The van der Waals surface area contributed by atoms with Crippen molar-refractivity contribution in [1.82, 2.24) is 0 Å². The van der Waals surface area contributed by atoms with E-state index in [2.05, 4.69) is 19.1 Å². The number of unbranched alkanes of at least 4 members (excludes halogenated alkanes) is 10. The van der Waals surface area contributed by atoms with Gasteiger partial charge in [0.25, 0.3) is 0 Å². The van der Waals surface area contributed by atoms with Crippen LogP contribution in [0.15, 0.2) is 24.3 Å². The maximum Gasteiger partial charge on any atom is 0.362 e. The number of allylic oxidation sites excluding steroid dienone is 4. The molecule has 0 rings (SSSR count). The molecule has 178 valence electrons. The summed E-state index contributed by atoms with van der Waals surface area (Å²) in [5, 5.41) is 8.52. The summed E-state index contributed by atoms with van der Waals surface area (Å²) in [5.74, 6) is 0. The van der Waals surface area contributed by atoms with Crippen molar-refractivity contribution in [3.63, 3.8) is 0 Å². The first-order chi connectivity index (χ1) is 14.0. The molecule has 0 aliphatic rings. The number of aliphatic hydroxyl groups is 1. The molecule has 0 heterocycles. The molecule has 0 radical (unpaired) electrons. The van der Waals surface area contributed by atoms with Gasteiger partial charge >= 0.3 is 7.60 Å². The number of quaternary nitrogens is 1. The van der Waals surface area contributed by atoms with Gasteiger partial charge in [0.1, 0.15) is 6.54 Å². The molecular weight excluding hydrogens is 397 g/mol. The van der Waals surface area contributed by atoms with Crippen molar-refractivity contribution >= 4 is 7.60 Å². The average Bonchev–Trinajstić information content (AvgIpc) is 2.62. The van der Waals surface area contributed by atoms with Crippen molar-refractivity contribution in [2.75, 3.05) is 27.7 Å². The summed E-state index contributed by atoms with van der Waals surface area (Å²) < 4.78 is 12.0. The van der Waals surface area contributed by atoms with Crippen LogP contribution in [0.3, 0.4) is 0 Å². The lowest BCUT2D eigenvalue weighted by Crippen LogP contribution is -2.49. The van der Waals surface area contributed by atoms with Crippen molar-refractivity contribution < 1.29 is 23.9 Å². The van der Waals surface area contributed by atoms with E-state index in [0.717, 1.165) is 19.3 Å². The third kappa shape index (κ3) is 16.3. The second-order valence-corrected chi connectivity index (χ2v) is 11.6.